The fourth-order valence-electron chi connectivity index (χ4n) is 1.77. The van der Waals surface area contributed by atoms with Gasteiger partial charge < -0.3 is 10.2 Å². The number of aliphatic hydroxyl groups is 1. The van der Waals surface area contributed by atoms with E-state index < -0.39 is 30.7 Å². The number of piperidine rings is 1. The number of carboxylic acid groups (broad SMARTS) is 1. The van der Waals surface area contributed by atoms with Crippen LogP contribution in [0.15, 0.2) is 0 Å². The summed E-state index contributed by atoms with van der Waals surface area (Å²) in [5.74, 6) is -1.62. The fourth-order valence-corrected chi connectivity index (χ4v) is 1.77. The minimum absolute atomic E-state index is 0.0719. The van der Waals surface area contributed by atoms with Crippen LogP contribution in [-0.4, -0.2) is 53.0 Å². The molecule has 1 aliphatic heterocycles. The number of aliphatic hydroxyl groups excluding tert-OH is 1. The second-order valence-corrected chi connectivity index (χ2v) is 3.99. The summed E-state index contributed by atoms with van der Waals surface area (Å²) < 4.78 is 36.2. The first-order valence-electron chi connectivity index (χ1n) is 5.00. The van der Waals surface area contributed by atoms with E-state index in [1.807, 2.05) is 0 Å². The number of rotatable bonds is 3. The molecule has 0 spiro atoms. The highest BCUT2D eigenvalue weighted by molar-refractivity contribution is 5.70. The van der Waals surface area contributed by atoms with Crippen LogP contribution in [0.25, 0.3) is 0 Å². The van der Waals surface area contributed by atoms with Gasteiger partial charge in [0, 0.05) is 13.1 Å². The van der Waals surface area contributed by atoms with Crippen LogP contribution >= 0.6 is 0 Å². The molecule has 1 heterocycles. The molecule has 1 aliphatic rings. The van der Waals surface area contributed by atoms with Crippen LogP contribution in [0.5, 0.6) is 0 Å². The zero-order valence-corrected chi connectivity index (χ0v) is 8.57. The molecule has 1 saturated heterocycles. The van der Waals surface area contributed by atoms with Crippen LogP contribution in [0, 0.1) is 5.92 Å². The Morgan fingerprint density at radius 2 is 2.12 bits per heavy atom. The number of halogens is 3. The van der Waals surface area contributed by atoms with Crippen LogP contribution in [0.1, 0.15) is 12.8 Å². The van der Waals surface area contributed by atoms with Gasteiger partial charge >= 0.3 is 12.1 Å². The molecule has 2 atom stereocenters. The van der Waals surface area contributed by atoms with Gasteiger partial charge in [0.15, 0.2) is 6.10 Å². The third kappa shape index (κ3) is 3.64. The Labute approximate surface area is 90.7 Å². The molecule has 0 amide bonds. The molecule has 0 aromatic carbocycles. The van der Waals surface area contributed by atoms with Crippen LogP contribution in [-0.2, 0) is 4.79 Å². The third-order valence-electron chi connectivity index (χ3n) is 2.66. The van der Waals surface area contributed by atoms with Gasteiger partial charge in [-0.15, -0.1) is 0 Å². The molecule has 0 bridgehead atoms. The molecule has 2 N–H and O–H groups in total. The number of nitrogens with zero attached hydrogens (tertiary/aromatic N) is 1. The van der Waals surface area contributed by atoms with E-state index in [2.05, 4.69) is 0 Å². The number of hydrogen-bond donors (Lipinski definition) is 2. The monoisotopic (exact) mass is 241 g/mol. The quantitative estimate of drug-likeness (QED) is 0.763. The molecule has 7 heteroatoms. The SMILES string of the molecule is O=C(O)C1CCCN(CC(O)C(F)(F)F)C1. The lowest BCUT2D eigenvalue weighted by Gasteiger charge is -2.32. The lowest BCUT2D eigenvalue weighted by atomic mass is 9.98. The number of β-amino-alcohol motifs (C(OH)–C–C–N with tert-alkyl or cyclic N) is 1. The minimum atomic E-state index is -4.64. The Morgan fingerprint density at radius 3 is 2.62 bits per heavy atom. The Kier molecular flexibility index (Phi) is 4.15. The predicted molar refractivity (Wildman–Crippen MR) is 48.9 cm³/mol. The number of hydrogen-bond acceptors (Lipinski definition) is 3. The smallest absolute Gasteiger partial charge is 0.415 e. The summed E-state index contributed by atoms with van der Waals surface area (Å²) in [6.07, 6.45) is -6.02. The number of carboxylic acids is 1. The molecule has 16 heavy (non-hydrogen) atoms. The third-order valence-corrected chi connectivity index (χ3v) is 2.66. The molecule has 94 valence electrons. The van der Waals surface area contributed by atoms with E-state index in [0.29, 0.717) is 19.4 Å². The average Bonchev–Trinajstić information content (AvgIpc) is 2.16. The highest BCUT2D eigenvalue weighted by atomic mass is 19.4. The Bertz CT molecular complexity index is 257. The Morgan fingerprint density at radius 1 is 1.50 bits per heavy atom. The first-order valence-corrected chi connectivity index (χ1v) is 5.00. The molecule has 4 nitrogen and oxygen atoms in total. The van der Waals surface area contributed by atoms with Gasteiger partial charge in [-0.25, -0.2) is 0 Å². The molecule has 0 saturated carbocycles. The maximum atomic E-state index is 12.1. The van der Waals surface area contributed by atoms with Crippen molar-refractivity contribution >= 4 is 5.97 Å². The zero-order chi connectivity index (χ0) is 12.3. The molecule has 2 unspecified atom stereocenters. The van der Waals surface area contributed by atoms with E-state index in [1.165, 1.54) is 4.90 Å². The summed E-state index contributed by atoms with van der Waals surface area (Å²) in [4.78, 5) is 12.0. The lowest BCUT2D eigenvalue weighted by Crippen LogP contribution is -2.46. The van der Waals surface area contributed by atoms with Crippen molar-refractivity contribution in [1.82, 2.24) is 4.90 Å². The van der Waals surface area contributed by atoms with Gasteiger partial charge in [-0.1, -0.05) is 0 Å². The van der Waals surface area contributed by atoms with Gasteiger partial charge in [0.1, 0.15) is 0 Å². The molecule has 0 radical (unpaired) electrons. The number of carbonyl (C=O) groups is 1. The first kappa shape index (κ1) is 13.2. The van der Waals surface area contributed by atoms with Crippen LogP contribution in [0.4, 0.5) is 13.2 Å². The summed E-state index contributed by atoms with van der Waals surface area (Å²) in [5, 5.41) is 17.6. The Hall–Kier alpha value is -0.820. The summed E-state index contributed by atoms with van der Waals surface area (Å²) in [7, 11) is 0. The van der Waals surface area contributed by atoms with Gasteiger partial charge in [0.25, 0.3) is 0 Å². The standard InChI is InChI=1S/C9H14F3NO3/c10-9(11,12)7(14)5-13-3-1-2-6(4-13)8(15)16/h6-7,14H,1-5H2,(H,15,16). The van der Waals surface area contributed by atoms with Crippen molar-refractivity contribution in [2.24, 2.45) is 5.92 Å². The topological polar surface area (TPSA) is 60.8 Å². The fraction of sp³-hybridized carbons (Fsp3) is 0.889. The van der Waals surface area contributed by atoms with Crippen molar-refractivity contribution in [3.05, 3.63) is 0 Å². The molecular weight excluding hydrogens is 227 g/mol. The van der Waals surface area contributed by atoms with E-state index in [-0.39, 0.29) is 6.54 Å². The van der Waals surface area contributed by atoms with Crippen molar-refractivity contribution in [3.63, 3.8) is 0 Å². The molecular formula is C9H14F3NO3. The first-order chi connectivity index (χ1) is 7.30. The number of likely N-dealkylation sites (tertiary alicyclic amines) is 1. The van der Waals surface area contributed by atoms with Crippen molar-refractivity contribution < 1.29 is 28.2 Å². The highest BCUT2D eigenvalue weighted by Crippen LogP contribution is 2.23. The van der Waals surface area contributed by atoms with Gasteiger partial charge in [0.05, 0.1) is 5.92 Å². The van der Waals surface area contributed by atoms with Gasteiger partial charge in [-0.3, -0.25) is 9.69 Å². The van der Waals surface area contributed by atoms with Crippen LogP contribution in [0.3, 0.4) is 0 Å². The lowest BCUT2D eigenvalue weighted by molar-refractivity contribution is -0.209. The summed E-state index contributed by atoms with van der Waals surface area (Å²) in [6, 6.07) is 0. The molecule has 0 aliphatic carbocycles. The maximum absolute atomic E-state index is 12.1. The van der Waals surface area contributed by atoms with Crippen LogP contribution < -0.4 is 0 Å². The van der Waals surface area contributed by atoms with Crippen molar-refractivity contribution in [2.75, 3.05) is 19.6 Å². The Balaban J connectivity index is 2.46. The van der Waals surface area contributed by atoms with Gasteiger partial charge in [-0.2, -0.15) is 13.2 Å². The summed E-state index contributed by atoms with van der Waals surface area (Å²) in [6.45, 7) is -0.0767. The van der Waals surface area contributed by atoms with E-state index in [0.717, 1.165) is 0 Å². The van der Waals surface area contributed by atoms with Gasteiger partial charge in [0.2, 0.25) is 0 Å². The highest BCUT2D eigenvalue weighted by Gasteiger charge is 2.40. The number of alkyl halides is 3. The van der Waals surface area contributed by atoms with Crippen molar-refractivity contribution in [1.29, 1.82) is 0 Å². The minimum Gasteiger partial charge on any atom is -0.481 e. The second-order valence-electron chi connectivity index (χ2n) is 3.99. The van der Waals surface area contributed by atoms with Gasteiger partial charge in [-0.05, 0) is 19.4 Å². The second kappa shape index (κ2) is 5.01. The number of aliphatic carboxylic acids is 1. The molecule has 1 fully saturated rings. The normalized spacial score (nSPS) is 25.4. The summed E-state index contributed by atoms with van der Waals surface area (Å²) >= 11 is 0. The van der Waals surface area contributed by atoms with E-state index in [4.69, 9.17) is 10.2 Å². The predicted octanol–water partition coefficient (Wildman–Crippen LogP) is 0.706. The molecule has 1 rings (SSSR count). The molecule has 0 aromatic rings. The van der Waals surface area contributed by atoms with E-state index in [9.17, 15) is 18.0 Å². The van der Waals surface area contributed by atoms with Crippen molar-refractivity contribution in [3.8, 4) is 0 Å². The van der Waals surface area contributed by atoms with E-state index >= 15 is 0 Å². The van der Waals surface area contributed by atoms with E-state index in [1.54, 1.807) is 0 Å². The average molecular weight is 241 g/mol. The van der Waals surface area contributed by atoms with Crippen LogP contribution in [0.2, 0.25) is 0 Å². The largest absolute Gasteiger partial charge is 0.481 e. The zero-order valence-electron chi connectivity index (χ0n) is 8.57. The summed E-state index contributed by atoms with van der Waals surface area (Å²) in [5.41, 5.74) is 0. The molecule has 0 aromatic heterocycles. The van der Waals surface area contributed by atoms with Crippen molar-refractivity contribution in [2.45, 2.75) is 25.1 Å². The maximum Gasteiger partial charge on any atom is 0.415 e.